The van der Waals surface area contributed by atoms with E-state index in [1.165, 1.54) is 0 Å². The van der Waals surface area contributed by atoms with Crippen LogP contribution in [0.3, 0.4) is 0 Å². The van der Waals surface area contributed by atoms with E-state index in [9.17, 15) is 0 Å². The molecule has 0 aromatic heterocycles. The van der Waals surface area contributed by atoms with Gasteiger partial charge < -0.3 is 10.5 Å². The summed E-state index contributed by atoms with van der Waals surface area (Å²) in [7, 11) is 0. The highest BCUT2D eigenvalue weighted by atomic mass is 79.9. The minimum atomic E-state index is -0.349. The summed E-state index contributed by atoms with van der Waals surface area (Å²) in [6, 6.07) is 5.45. The van der Waals surface area contributed by atoms with Crippen molar-refractivity contribution in [2.45, 2.75) is 20.3 Å². The van der Waals surface area contributed by atoms with Crippen LogP contribution in [-0.4, -0.2) is 12.4 Å². The van der Waals surface area contributed by atoms with Gasteiger partial charge in [-0.3, -0.25) is 5.41 Å². The monoisotopic (exact) mass is 318 g/mol. The predicted octanol–water partition coefficient (Wildman–Crippen LogP) is 3.83. The molecule has 0 heterocycles. The maximum atomic E-state index is 7.45. The van der Waals surface area contributed by atoms with Crippen LogP contribution >= 0.6 is 27.5 Å². The van der Waals surface area contributed by atoms with Crippen LogP contribution in [0.15, 0.2) is 22.7 Å². The van der Waals surface area contributed by atoms with Gasteiger partial charge in [0.2, 0.25) is 0 Å². The Morgan fingerprint density at radius 1 is 1.53 bits per heavy atom. The molecular weight excluding hydrogens is 304 g/mol. The summed E-state index contributed by atoms with van der Waals surface area (Å²) >= 11 is 9.35. The summed E-state index contributed by atoms with van der Waals surface area (Å²) in [5.74, 6) is 0.807. The Hall–Kier alpha value is -0.740. The zero-order valence-corrected chi connectivity index (χ0v) is 12.2. The summed E-state index contributed by atoms with van der Waals surface area (Å²) in [5, 5.41) is 8.02. The molecule has 0 unspecified atom stereocenters. The lowest BCUT2D eigenvalue weighted by Gasteiger charge is -2.22. The van der Waals surface area contributed by atoms with Crippen LogP contribution in [0.4, 0.5) is 0 Å². The predicted molar refractivity (Wildman–Crippen MR) is 75.0 cm³/mol. The average molecular weight is 320 g/mol. The van der Waals surface area contributed by atoms with Gasteiger partial charge >= 0.3 is 0 Å². The van der Waals surface area contributed by atoms with Crippen LogP contribution in [0, 0.1) is 10.8 Å². The van der Waals surface area contributed by atoms with Gasteiger partial charge in [0, 0.05) is 9.89 Å². The molecule has 3 N–H and O–H groups in total. The van der Waals surface area contributed by atoms with Crippen molar-refractivity contribution in [3.8, 4) is 5.75 Å². The second kappa shape index (κ2) is 5.74. The number of halogens is 2. The number of nitrogens with two attached hydrogens (primary N) is 1. The number of hydrogen-bond acceptors (Lipinski definition) is 2. The van der Waals surface area contributed by atoms with Gasteiger partial charge in [0.05, 0.1) is 17.5 Å². The van der Waals surface area contributed by atoms with Crippen molar-refractivity contribution in [1.29, 1.82) is 5.41 Å². The third kappa shape index (κ3) is 4.21. The number of nitrogens with one attached hydrogen (secondary N) is 1. The second-order valence-electron chi connectivity index (χ2n) is 4.47. The number of rotatable bonds is 5. The van der Waals surface area contributed by atoms with Crippen molar-refractivity contribution in [2.75, 3.05) is 6.61 Å². The molecule has 0 atom stereocenters. The smallest absolute Gasteiger partial charge is 0.139 e. The molecular formula is C12H16BrClN2O. The maximum Gasteiger partial charge on any atom is 0.139 e. The second-order valence-corrected chi connectivity index (χ2v) is 5.79. The average Bonchev–Trinajstić information content (AvgIpc) is 2.22. The Labute approximate surface area is 115 Å². The van der Waals surface area contributed by atoms with Crippen molar-refractivity contribution in [3.05, 3.63) is 27.7 Å². The lowest BCUT2D eigenvalue weighted by atomic mass is 9.88. The number of ether oxygens (including phenoxy) is 1. The zero-order chi connectivity index (χ0) is 13.1. The normalized spacial score (nSPS) is 11.3. The first kappa shape index (κ1) is 14.3. The fourth-order valence-electron chi connectivity index (χ4n) is 1.14. The van der Waals surface area contributed by atoms with E-state index < -0.39 is 0 Å². The van der Waals surface area contributed by atoms with Crippen LogP contribution < -0.4 is 10.5 Å². The molecule has 0 radical (unpaired) electrons. The van der Waals surface area contributed by atoms with Crippen LogP contribution in [0.25, 0.3) is 0 Å². The van der Waals surface area contributed by atoms with Crippen molar-refractivity contribution in [3.63, 3.8) is 0 Å². The van der Waals surface area contributed by atoms with Gasteiger partial charge in [-0.15, -0.1) is 0 Å². The van der Waals surface area contributed by atoms with E-state index >= 15 is 0 Å². The van der Waals surface area contributed by atoms with Gasteiger partial charge in [0.15, 0.2) is 0 Å². The lowest BCUT2D eigenvalue weighted by Crippen LogP contribution is -2.32. The fourth-order valence-corrected chi connectivity index (χ4v) is 1.65. The summed E-state index contributed by atoms with van der Waals surface area (Å²) in [6.07, 6.45) is 0.672. The molecule has 0 aliphatic heterocycles. The van der Waals surface area contributed by atoms with Gasteiger partial charge in [-0.1, -0.05) is 41.4 Å². The molecule has 17 heavy (non-hydrogen) atoms. The molecule has 0 aliphatic carbocycles. The Bertz CT molecular complexity index is 421. The maximum absolute atomic E-state index is 7.45. The molecule has 94 valence electrons. The van der Waals surface area contributed by atoms with E-state index in [0.717, 1.165) is 4.47 Å². The third-order valence-electron chi connectivity index (χ3n) is 2.61. The summed E-state index contributed by atoms with van der Waals surface area (Å²) in [4.78, 5) is 0. The molecule has 0 saturated carbocycles. The molecule has 5 heteroatoms. The Morgan fingerprint density at radius 3 is 2.76 bits per heavy atom. The van der Waals surface area contributed by atoms with Gasteiger partial charge in [-0.2, -0.15) is 0 Å². The van der Waals surface area contributed by atoms with Crippen LogP contribution in [0.5, 0.6) is 5.75 Å². The van der Waals surface area contributed by atoms with Crippen molar-refractivity contribution in [1.82, 2.24) is 0 Å². The molecule has 0 fully saturated rings. The van der Waals surface area contributed by atoms with Crippen molar-refractivity contribution < 1.29 is 4.74 Å². The summed E-state index contributed by atoms with van der Waals surface area (Å²) < 4.78 is 6.51. The standard InChI is InChI=1S/C12H16BrClN2O/c1-12(2,11(15)16)5-6-17-10-7-8(13)3-4-9(10)14/h3-4,7H,5-6H2,1-2H3,(H3,15,16). The minimum Gasteiger partial charge on any atom is -0.492 e. The highest BCUT2D eigenvalue weighted by molar-refractivity contribution is 9.10. The van der Waals surface area contributed by atoms with Crippen LogP contribution in [-0.2, 0) is 0 Å². The fraction of sp³-hybridized carbons (Fsp3) is 0.417. The van der Waals surface area contributed by atoms with E-state index in [2.05, 4.69) is 15.9 Å². The Balaban J connectivity index is 2.57. The Kier molecular flexibility index (Phi) is 4.83. The molecule has 0 spiro atoms. The SMILES string of the molecule is CC(C)(CCOc1cc(Br)ccc1Cl)C(=N)N. The minimum absolute atomic E-state index is 0.168. The lowest BCUT2D eigenvalue weighted by molar-refractivity contribution is 0.268. The first-order valence-electron chi connectivity index (χ1n) is 5.25. The topological polar surface area (TPSA) is 59.1 Å². The molecule has 0 saturated heterocycles. The molecule has 0 bridgehead atoms. The molecule has 1 aromatic rings. The van der Waals surface area contributed by atoms with E-state index in [1.807, 2.05) is 26.0 Å². The number of hydrogen-bond donors (Lipinski definition) is 2. The summed E-state index contributed by atoms with van der Waals surface area (Å²) in [6.45, 7) is 4.31. The summed E-state index contributed by atoms with van der Waals surface area (Å²) in [5.41, 5.74) is 5.15. The quantitative estimate of drug-likeness (QED) is 0.640. The van der Waals surface area contributed by atoms with E-state index in [4.69, 9.17) is 27.5 Å². The van der Waals surface area contributed by atoms with E-state index in [0.29, 0.717) is 23.8 Å². The van der Waals surface area contributed by atoms with Gasteiger partial charge in [0.25, 0.3) is 0 Å². The van der Waals surface area contributed by atoms with Gasteiger partial charge in [0.1, 0.15) is 5.75 Å². The third-order valence-corrected chi connectivity index (χ3v) is 3.41. The van der Waals surface area contributed by atoms with Crippen LogP contribution in [0.2, 0.25) is 5.02 Å². The highest BCUT2D eigenvalue weighted by Gasteiger charge is 2.21. The molecule has 1 rings (SSSR count). The highest BCUT2D eigenvalue weighted by Crippen LogP contribution is 2.29. The number of amidine groups is 1. The first-order valence-corrected chi connectivity index (χ1v) is 6.42. The van der Waals surface area contributed by atoms with Crippen molar-refractivity contribution >= 4 is 33.4 Å². The molecule has 1 aromatic carbocycles. The van der Waals surface area contributed by atoms with Gasteiger partial charge in [-0.25, -0.2) is 0 Å². The molecule has 0 aliphatic rings. The van der Waals surface area contributed by atoms with Crippen LogP contribution in [0.1, 0.15) is 20.3 Å². The van der Waals surface area contributed by atoms with Gasteiger partial charge in [-0.05, 0) is 24.6 Å². The zero-order valence-electron chi connectivity index (χ0n) is 9.89. The van der Waals surface area contributed by atoms with E-state index in [1.54, 1.807) is 6.07 Å². The Morgan fingerprint density at radius 2 is 2.18 bits per heavy atom. The number of benzene rings is 1. The van der Waals surface area contributed by atoms with Crippen molar-refractivity contribution in [2.24, 2.45) is 11.1 Å². The largest absolute Gasteiger partial charge is 0.492 e. The molecule has 0 amide bonds. The van der Waals surface area contributed by atoms with E-state index in [-0.39, 0.29) is 11.3 Å². The molecule has 3 nitrogen and oxygen atoms in total. The first-order chi connectivity index (χ1) is 7.83.